The van der Waals surface area contributed by atoms with Gasteiger partial charge in [-0.2, -0.15) is 13.2 Å². The summed E-state index contributed by atoms with van der Waals surface area (Å²) < 4.78 is 55.5. The number of esters is 2. The monoisotopic (exact) mass is 498 g/mol. The van der Waals surface area contributed by atoms with Crippen LogP contribution in [0.25, 0.3) is 0 Å². The van der Waals surface area contributed by atoms with Crippen LogP contribution in [-0.4, -0.2) is 35.9 Å². The summed E-state index contributed by atoms with van der Waals surface area (Å²) in [4.78, 5) is 25.4. The fraction of sp³-hybridized carbons (Fsp3) is 0.636. The first-order chi connectivity index (χ1) is 14.7. The zero-order valence-electron chi connectivity index (χ0n) is 18.4. The Hall–Kier alpha value is -1.51. The largest absolute Gasteiger partial charge is 0.463 e. The van der Waals surface area contributed by atoms with Crippen molar-refractivity contribution in [3.05, 3.63) is 33.3 Å². The van der Waals surface area contributed by atoms with Crippen LogP contribution < -0.4 is 0 Å². The van der Waals surface area contributed by atoms with Crippen molar-refractivity contribution in [2.45, 2.75) is 83.3 Å². The van der Waals surface area contributed by atoms with Crippen molar-refractivity contribution in [1.29, 1.82) is 0 Å². The number of rotatable bonds is 6. The third-order valence-corrected chi connectivity index (χ3v) is 5.68. The molecule has 1 fully saturated rings. The Morgan fingerprint density at radius 3 is 2.06 bits per heavy atom. The maximum atomic E-state index is 12.9. The van der Waals surface area contributed by atoms with Crippen molar-refractivity contribution in [1.82, 2.24) is 0 Å². The molecule has 0 N–H and O–H groups in total. The summed E-state index contributed by atoms with van der Waals surface area (Å²) in [7, 11) is 0. The van der Waals surface area contributed by atoms with Crippen molar-refractivity contribution in [3.63, 3.8) is 0 Å². The van der Waals surface area contributed by atoms with E-state index in [1.54, 1.807) is 6.92 Å². The highest BCUT2D eigenvalue weighted by molar-refractivity contribution is 6.36. The predicted octanol–water partition coefficient (Wildman–Crippen LogP) is 6.16. The van der Waals surface area contributed by atoms with E-state index < -0.39 is 35.7 Å². The Kier molecular flexibility index (Phi) is 8.51. The minimum atomic E-state index is -4.63. The summed E-state index contributed by atoms with van der Waals surface area (Å²) >= 11 is 11.9. The van der Waals surface area contributed by atoms with Gasteiger partial charge in [-0.15, -0.1) is 0 Å². The van der Waals surface area contributed by atoms with Crippen LogP contribution in [0.3, 0.4) is 0 Å². The van der Waals surface area contributed by atoms with Crippen molar-refractivity contribution in [2.75, 3.05) is 6.61 Å². The molecule has 5 nitrogen and oxygen atoms in total. The van der Waals surface area contributed by atoms with Crippen LogP contribution in [0.1, 0.15) is 64.5 Å². The molecule has 0 amide bonds. The van der Waals surface area contributed by atoms with E-state index in [0.717, 1.165) is 0 Å². The van der Waals surface area contributed by atoms with Gasteiger partial charge in [0, 0.05) is 28.5 Å². The van der Waals surface area contributed by atoms with Gasteiger partial charge in [0.05, 0.1) is 30.3 Å². The SMILES string of the molecule is CCOC(=O)C1(OC(=O)Cc2c(Cl)cc(C(F)(F)F)cc2Cl)CCC(OC(C)(C)C)CC1. The van der Waals surface area contributed by atoms with Gasteiger partial charge in [0.1, 0.15) is 0 Å². The minimum Gasteiger partial charge on any atom is -0.463 e. The fourth-order valence-corrected chi connectivity index (χ4v) is 4.24. The summed E-state index contributed by atoms with van der Waals surface area (Å²) in [5.41, 5.74) is -2.88. The topological polar surface area (TPSA) is 61.8 Å². The van der Waals surface area contributed by atoms with E-state index in [0.29, 0.717) is 25.0 Å². The molecule has 10 heteroatoms. The first-order valence-electron chi connectivity index (χ1n) is 10.3. The molecular weight excluding hydrogens is 472 g/mol. The molecule has 0 aromatic heterocycles. The summed E-state index contributed by atoms with van der Waals surface area (Å²) in [5.74, 6) is -1.50. The summed E-state index contributed by atoms with van der Waals surface area (Å²) in [5, 5.41) is -0.622. The lowest BCUT2D eigenvalue weighted by Crippen LogP contribution is -2.49. The zero-order chi connectivity index (χ0) is 24.3. The number of benzene rings is 1. The average Bonchev–Trinajstić information content (AvgIpc) is 2.64. The van der Waals surface area contributed by atoms with Crippen LogP contribution in [0.4, 0.5) is 13.2 Å². The van der Waals surface area contributed by atoms with E-state index in [4.69, 9.17) is 37.4 Å². The lowest BCUT2D eigenvalue weighted by molar-refractivity contribution is -0.191. The van der Waals surface area contributed by atoms with E-state index in [2.05, 4.69) is 0 Å². The number of hydrogen-bond acceptors (Lipinski definition) is 5. The molecule has 0 heterocycles. The fourth-order valence-electron chi connectivity index (χ4n) is 3.62. The number of halogens is 5. The van der Waals surface area contributed by atoms with E-state index >= 15 is 0 Å². The quantitative estimate of drug-likeness (QED) is 0.439. The van der Waals surface area contributed by atoms with E-state index in [1.165, 1.54) is 0 Å². The lowest BCUT2D eigenvalue weighted by Gasteiger charge is -2.39. The smallest absolute Gasteiger partial charge is 0.416 e. The molecule has 0 aliphatic heterocycles. The van der Waals surface area contributed by atoms with Crippen molar-refractivity contribution in [2.24, 2.45) is 0 Å². The molecule has 0 radical (unpaired) electrons. The highest BCUT2D eigenvalue weighted by Gasteiger charge is 2.47. The molecule has 0 bridgehead atoms. The number of hydrogen-bond donors (Lipinski definition) is 0. The second kappa shape index (κ2) is 10.2. The van der Waals surface area contributed by atoms with Crippen LogP contribution in [0.15, 0.2) is 12.1 Å². The second-order valence-electron chi connectivity index (χ2n) is 8.71. The molecule has 2 rings (SSSR count). The predicted molar refractivity (Wildman–Crippen MR) is 114 cm³/mol. The van der Waals surface area contributed by atoms with Gasteiger partial charge < -0.3 is 14.2 Å². The third kappa shape index (κ3) is 6.99. The highest BCUT2D eigenvalue weighted by Crippen LogP contribution is 2.38. The molecule has 0 spiro atoms. The van der Waals surface area contributed by atoms with Crippen LogP contribution >= 0.6 is 23.2 Å². The highest BCUT2D eigenvalue weighted by atomic mass is 35.5. The Morgan fingerprint density at radius 1 is 1.09 bits per heavy atom. The Bertz CT molecular complexity index is 818. The second-order valence-corrected chi connectivity index (χ2v) is 9.53. The first kappa shape index (κ1) is 26.7. The van der Waals surface area contributed by atoms with Crippen LogP contribution in [0, 0.1) is 0 Å². The molecule has 0 saturated heterocycles. The van der Waals surface area contributed by atoms with Gasteiger partial charge >= 0.3 is 18.1 Å². The first-order valence-corrected chi connectivity index (χ1v) is 11.0. The van der Waals surface area contributed by atoms with Crippen LogP contribution in [0.2, 0.25) is 10.0 Å². The van der Waals surface area contributed by atoms with Crippen molar-refractivity contribution < 1.29 is 37.0 Å². The number of ether oxygens (including phenoxy) is 3. The van der Waals surface area contributed by atoms with Gasteiger partial charge in [0.2, 0.25) is 5.60 Å². The van der Waals surface area contributed by atoms with Crippen molar-refractivity contribution in [3.8, 4) is 0 Å². The van der Waals surface area contributed by atoms with Gasteiger partial charge in [0.15, 0.2) is 0 Å². The van der Waals surface area contributed by atoms with Gasteiger partial charge in [-0.1, -0.05) is 23.2 Å². The lowest BCUT2D eigenvalue weighted by atomic mass is 9.82. The molecule has 1 aromatic carbocycles. The third-order valence-electron chi connectivity index (χ3n) is 5.01. The van der Waals surface area contributed by atoms with Crippen LogP contribution in [0.5, 0.6) is 0 Å². The Balaban J connectivity index is 2.18. The molecule has 0 unspecified atom stereocenters. The molecule has 0 atom stereocenters. The molecular formula is C22H27Cl2F3O5. The number of alkyl halides is 3. The van der Waals surface area contributed by atoms with Crippen LogP contribution in [-0.2, 0) is 36.4 Å². The average molecular weight is 499 g/mol. The van der Waals surface area contributed by atoms with Gasteiger partial charge in [-0.05, 0) is 52.7 Å². The number of carbonyl (C=O) groups is 2. The normalized spacial score (nSPS) is 21.8. The Morgan fingerprint density at radius 2 is 1.62 bits per heavy atom. The molecule has 1 aliphatic carbocycles. The maximum absolute atomic E-state index is 12.9. The van der Waals surface area contributed by atoms with E-state index in [-0.39, 0.29) is 46.8 Å². The van der Waals surface area contributed by atoms with E-state index in [9.17, 15) is 22.8 Å². The number of carbonyl (C=O) groups excluding carboxylic acids is 2. The Labute approximate surface area is 195 Å². The maximum Gasteiger partial charge on any atom is 0.416 e. The molecule has 1 aliphatic rings. The summed E-state index contributed by atoms with van der Waals surface area (Å²) in [6.07, 6.45) is -3.86. The standard InChI is InChI=1S/C22H27Cl2F3O5/c1-5-30-19(29)21(8-6-14(7-9-21)31-20(2,3)4)32-18(28)12-15-16(23)10-13(11-17(15)24)22(25,26)27/h10-11,14H,5-9,12H2,1-4H3. The van der Waals surface area contributed by atoms with Crippen molar-refractivity contribution >= 4 is 35.1 Å². The molecule has 1 saturated carbocycles. The van der Waals surface area contributed by atoms with Gasteiger partial charge in [0.25, 0.3) is 0 Å². The zero-order valence-corrected chi connectivity index (χ0v) is 19.9. The molecule has 32 heavy (non-hydrogen) atoms. The summed E-state index contributed by atoms with van der Waals surface area (Å²) in [6.45, 7) is 7.54. The molecule has 180 valence electrons. The minimum absolute atomic E-state index is 0.00454. The van der Waals surface area contributed by atoms with E-state index in [1.807, 2.05) is 20.8 Å². The summed E-state index contributed by atoms with van der Waals surface area (Å²) in [6, 6.07) is 1.40. The van der Waals surface area contributed by atoms with Gasteiger partial charge in [-0.3, -0.25) is 4.79 Å². The molecule has 1 aromatic rings. The van der Waals surface area contributed by atoms with Gasteiger partial charge in [-0.25, -0.2) is 4.79 Å².